The van der Waals surface area contributed by atoms with Gasteiger partial charge in [-0.25, -0.2) is 4.79 Å². The number of cyclic esters (lactones) is 1. The fourth-order valence-electron chi connectivity index (χ4n) is 10.9. The average molecular weight is 1030 g/mol. The van der Waals surface area contributed by atoms with E-state index in [1.165, 1.54) is 18.7 Å². The van der Waals surface area contributed by atoms with Crippen molar-refractivity contribution in [3.8, 4) is 0 Å². The molecule has 2 N–H and O–H groups in total. The van der Waals surface area contributed by atoms with Crippen LogP contribution in [0.5, 0.6) is 0 Å². The number of nitrogens with zero attached hydrogens (tertiary/aromatic N) is 1. The van der Waals surface area contributed by atoms with Crippen LogP contribution < -0.4 is 0 Å². The molecule has 17 heteroatoms. The van der Waals surface area contributed by atoms with Crippen LogP contribution in [0.25, 0.3) is 0 Å². The molecule has 0 radical (unpaired) electrons. The van der Waals surface area contributed by atoms with Crippen LogP contribution in [-0.2, 0) is 61.3 Å². The quantitative estimate of drug-likeness (QED) is 0.0910. The molecule has 16 nitrogen and oxygen atoms in total. The van der Waals surface area contributed by atoms with E-state index in [2.05, 4.69) is 0 Å². The summed E-state index contributed by atoms with van der Waals surface area (Å²) in [5.74, 6) is -8.28. The Morgan fingerprint density at radius 3 is 2.21 bits per heavy atom. The van der Waals surface area contributed by atoms with Gasteiger partial charge in [0.1, 0.15) is 30.1 Å². The highest BCUT2D eigenvalue weighted by Crippen LogP contribution is 2.49. The molecule has 4 unspecified atom stereocenters. The number of piperidine rings is 1. The topological polar surface area (TPSA) is 211 Å². The Hall–Kier alpha value is -3.18. The van der Waals surface area contributed by atoms with E-state index < -0.39 is 103 Å². The highest BCUT2D eigenvalue weighted by Gasteiger charge is 2.53. The summed E-state index contributed by atoms with van der Waals surface area (Å²) in [6, 6.07) is -1.17. The number of aliphatic hydroxyl groups is 2. The number of Topliss-reactive ketones (excluding diaryl/α,β-unsaturated/α-hetero) is 3. The van der Waals surface area contributed by atoms with Gasteiger partial charge in [0.05, 0.1) is 30.5 Å². The lowest BCUT2D eigenvalue weighted by Gasteiger charge is -2.42. The third kappa shape index (κ3) is 16.9. The van der Waals surface area contributed by atoms with Gasteiger partial charge in [-0.15, -0.1) is 0 Å². The molecule has 1 aliphatic carbocycles. The largest absolute Gasteiger partial charge is 0.460 e. The predicted octanol–water partition coefficient (Wildman–Crippen LogP) is 8.45. The van der Waals surface area contributed by atoms with Crippen molar-refractivity contribution in [3.05, 3.63) is 47.6 Å². The van der Waals surface area contributed by atoms with E-state index >= 15 is 0 Å². The first-order valence-electron chi connectivity index (χ1n) is 26.3. The number of esters is 1. The van der Waals surface area contributed by atoms with Crippen LogP contribution in [0, 0.1) is 35.5 Å². The summed E-state index contributed by atoms with van der Waals surface area (Å²) < 4.78 is 54.6. The molecule has 4 rings (SSSR count). The van der Waals surface area contributed by atoms with E-state index in [1.54, 1.807) is 54.9 Å². The molecule has 0 aromatic carbocycles. The van der Waals surface area contributed by atoms with E-state index in [-0.39, 0.29) is 48.9 Å². The van der Waals surface area contributed by atoms with Gasteiger partial charge < -0.3 is 47.8 Å². The van der Waals surface area contributed by atoms with E-state index in [1.807, 2.05) is 58.1 Å². The summed E-state index contributed by atoms with van der Waals surface area (Å²) in [4.78, 5) is 72.5. The van der Waals surface area contributed by atoms with Crippen molar-refractivity contribution in [2.24, 2.45) is 35.5 Å². The van der Waals surface area contributed by atoms with Crippen LogP contribution in [-0.4, -0.2) is 140 Å². The smallest absolute Gasteiger partial charge is 0.329 e. The maximum atomic E-state index is 14.5. The number of methoxy groups -OCH3 is 3. The zero-order valence-electron chi connectivity index (χ0n) is 45.4. The Morgan fingerprint density at radius 1 is 0.847 bits per heavy atom. The minimum atomic E-state index is -3.37. The number of allylic oxidation sites excluding steroid dienone is 6. The Morgan fingerprint density at radius 2 is 1.56 bits per heavy atom. The fourth-order valence-corrected chi connectivity index (χ4v) is 12.4. The number of amides is 1. The Labute approximate surface area is 429 Å². The van der Waals surface area contributed by atoms with Gasteiger partial charge in [-0.1, -0.05) is 71.1 Å². The van der Waals surface area contributed by atoms with Crippen LogP contribution in [0.3, 0.4) is 0 Å². The molecule has 2 saturated heterocycles. The van der Waals surface area contributed by atoms with Crippen molar-refractivity contribution in [2.45, 2.75) is 200 Å². The van der Waals surface area contributed by atoms with Gasteiger partial charge in [-0.05, 0) is 121 Å². The third-order valence-electron chi connectivity index (χ3n) is 15.2. The number of aliphatic hydroxyl groups excluding tert-OH is 1. The Balaban J connectivity index is 1.70. The molecule has 16 atom stereocenters. The van der Waals surface area contributed by atoms with Gasteiger partial charge in [0.25, 0.3) is 11.7 Å². The second-order valence-electron chi connectivity index (χ2n) is 21.6. The lowest BCUT2D eigenvalue weighted by Crippen LogP contribution is -2.61. The Kier molecular flexibility index (Phi) is 23.9. The van der Waals surface area contributed by atoms with Crippen LogP contribution in [0.4, 0.5) is 0 Å². The van der Waals surface area contributed by atoms with Crippen molar-refractivity contribution >= 4 is 36.8 Å². The van der Waals surface area contributed by atoms with Gasteiger partial charge in [0.2, 0.25) is 5.79 Å². The number of rotatable bonds is 10. The predicted molar refractivity (Wildman–Crippen MR) is 274 cm³/mol. The molecule has 4 aliphatic rings. The van der Waals surface area contributed by atoms with Gasteiger partial charge >= 0.3 is 13.6 Å². The summed E-state index contributed by atoms with van der Waals surface area (Å²) in [5, 5.41) is 23.5. The minimum Gasteiger partial charge on any atom is -0.460 e. The number of fused-ring (bicyclic) bond motifs is 3. The molecular formula is C55H88NO15P. The number of carbonyl (C=O) groups is 5. The number of ketones is 3. The summed E-state index contributed by atoms with van der Waals surface area (Å²) in [6.07, 6.45) is 10.5. The molecule has 3 fully saturated rings. The molecular weight excluding hydrogens is 946 g/mol. The molecule has 1 saturated carbocycles. The van der Waals surface area contributed by atoms with Crippen LogP contribution in [0.2, 0.25) is 0 Å². The molecule has 72 heavy (non-hydrogen) atoms. The van der Waals surface area contributed by atoms with Gasteiger partial charge in [-0.3, -0.25) is 23.7 Å². The van der Waals surface area contributed by atoms with Crippen molar-refractivity contribution in [2.75, 3.05) is 34.5 Å². The molecule has 0 aromatic rings. The number of hydrogen-bond donors (Lipinski definition) is 2. The minimum absolute atomic E-state index is 0.00576. The van der Waals surface area contributed by atoms with E-state index in [4.69, 9.17) is 32.7 Å². The molecule has 408 valence electrons. The van der Waals surface area contributed by atoms with Gasteiger partial charge in [-0.2, -0.15) is 0 Å². The summed E-state index contributed by atoms with van der Waals surface area (Å²) in [7, 11) is 1.15. The number of ether oxygens (including phenoxy) is 5. The van der Waals surface area contributed by atoms with Crippen LogP contribution >= 0.6 is 7.60 Å². The highest BCUT2D eigenvalue weighted by molar-refractivity contribution is 7.53. The first kappa shape index (κ1) is 61.4. The zero-order chi connectivity index (χ0) is 53.7. The normalized spacial score (nSPS) is 36.3. The van der Waals surface area contributed by atoms with Crippen LogP contribution in [0.1, 0.15) is 139 Å². The highest BCUT2D eigenvalue weighted by atomic mass is 31.2. The van der Waals surface area contributed by atoms with Gasteiger partial charge in [0.15, 0.2) is 5.78 Å². The number of carbonyl (C=O) groups excluding carboxylic acids is 5. The molecule has 1 amide bonds. The standard InChI is InChI=1S/C55H88NO15P/c1-33(2)70-72(13,64)71-45-25-23-41(30-48(45)66-11)29-37(6)47-32-44(57)36(5)28-39(8)50(59)51(67-12)49(58)38(7)27-34(3)19-15-14-16-20-35(4)46(65-10)31-42-24-22-40(9)55(63,69-42)52(60)53(61)56-26-18-17-21-43(56)54(62)68-47/h14-16,19-20,28,33-34,36-38,40-43,45-48,50-51,59,63H,17-18,21-27,29-32H2,1-13H3/t34-,36-,37-,38-,40-,41?,42+,43?,45-,46+,47?,48-,50-,51+,55-,72?/m1/s1. The molecule has 2 bridgehead atoms. The first-order chi connectivity index (χ1) is 33.9. The fraction of sp³-hybridized carbons (Fsp3) is 0.764. The van der Waals surface area contributed by atoms with Crippen molar-refractivity contribution < 1.29 is 71.5 Å². The zero-order valence-corrected chi connectivity index (χ0v) is 46.3. The summed E-state index contributed by atoms with van der Waals surface area (Å²) in [6.45, 7) is 17.7. The Bertz CT molecular complexity index is 2020. The maximum absolute atomic E-state index is 14.5. The van der Waals surface area contributed by atoms with Crippen molar-refractivity contribution in [1.82, 2.24) is 4.90 Å². The lowest BCUT2D eigenvalue weighted by molar-refractivity contribution is -0.265. The van der Waals surface area contributed by atoms with Gasteiger partial charge in [0, 0.05) is 65.1 Å². The second-order valence-corrected chi connectivity index (χ2v) is 23.6. The first-order valence-corrected chi connectivity index (χ1v) is 28.3. The average Bonchev–Trinajstić information content (AvgIpc) is 3.32. The number of hydrogen-bond acceptors (Lipinski definition) is 15. The lowest BCUT2D eigenvalue weighted by atomic mass is 9.78. The molecule has 0 spiro atoms. The summed E-state index contributed by atoms with van der Waals surface area (Å²) in [5.41, 5.74) is 1.24. The van der Waals surface area contributed by atoms with E-state index in [0.717, 1.165) is 5.57 Å². The maximum Gasteiger partial charge on any atom is 0.329 e. The van der Waals surface area contributed by atoms with Crippen molar-refractivity contribution in [1.29, 1.82) is 0 Å². The van der Waals surface area contributed by atoms with Crippen molar-refractivity contribution in [3.63, 3.8) is 0 Å². The molecule has 3 aliphatic heterocycles. The van der Waals surface area contributed by atoms with E-state index in [0.29, 0.717) is 69.8 Å². The third-order valence-corrected chi connectivity index (χ3v) is 16.6. The SMILES string of the molecule is CO[C@H]1C[C@@H]2CC[C@@H](C)[C@@](O)(O2)C(=O)C(=O)N2CCCCC2C(=O)OC([C@H](C)CC2CC[C@@H](OP(C)(=O)OC(C)C)[C@H](OC)C2)CC(=O)[C@H](C)C=C(C)[C@@H](O)[C@@H](OC)C(=O)[C@H](C)C[C@H](C)C=CC=CC=C1C. The molecule has 3 heterocycles. The summed E-state index contributed by atoms with van der Waals surface area (Å²) >= 11 is 0. The van der Waals surface area contributed by atoms with Crippen LogP contribution in [0.15, 0.2) is 47.6 Å². The second kappa shape index (κ2) is 28.1. The molecule has 0 aromatic heterocycles. The monoisotopic (exact) mass is 1030 g/mol. The van der Waals surface area contributed by atoms with E-state index in [9.17, 15) is 38.8 Å².